The van der Waals surface area contributed by atoms with E-state index < -0.39 is 11.9 Å². The zero-order valence-electron chi connectivity index (χ0n) is 19.9. The van der Waals surface area contributed by atoms with Gasteiger partial charge in [0.25, 0.3) is 0 Å². The Kier molecular flexibility index (Phi) is 8.34. The molecule has 0 aliphatic heterocycles. The summed E-state index contributed by atoms with van der Waals surface area (Å²) in [6.07, 6.45) is 8.72. The number of hydrogen-bond donors (Lipinski definition) is 3. The fourth-order valence-electron chi connectivity index (χ4n) is 6.34. The summed E-state index contributed by atoms with van der Waals surface area (Å²) in [5.74, 6) is -1.09. The Hall–Kier alpha value is -1.92. The van der Waals surface area contributed by atoms with E-state index in [0.29, 0.717) is 18.5 Å². The molecule has 1 saturated carbocycles. The number of carbonyl (C=O) groups is 2. The van der Waals surface area contributed by atoms with Crippen LogP contribution in [0.2, 0.25) is 0 Å². The van der Waals surface area contributed by atoms with Gasteiger partial charge < -0.3 is 20.9 Å². The molecular formula is C26H40N2O4. The second kappa shape index (κ2) is 10.8. The van der Waals surface area contributed by atoms with Crippen LogP contribution in [0.4, 0.5) is 0 Å². The maximum Gasteiger partial charge on any atom is 0.306 e. The van der Waals surface area contributed by atoms with Crippen molar-refractivity contribution in [1.82, 2.24) is 5.32 Å². The minimum Gasteiger partial charge on any atom is -0.481 e. The van der Waals surface area contributed by atoms with Gasteiger partial charge in [-0.1, -0.05) is 39.2 Å². The van der Waals surface area contributed by atoms with Gasteiger partial charge in [0.2, 0.25) is 5.91 Å². The Bertz CT molecular complexity index is 799. The van der Waals surface area contributed by atoms with Gasteiger partial charge in [-0.15, -0.1) is 0 Å². The van der Waals surface area contributed by atoms with Crippen LogP contribution >= 0.6 is 0 Å². The molecule has 1 aromatic rings. The number of rotatable bonds is 10. The number of carboxylic acids is 1. The van der Waals surface area contributed by atoms with Crippen LogP contribution in [0, 0.1) is 11.8 Å². The van der Waals surface area contributed by atoms with Crippen molar-refractivity contribution in [2.24, 2.45) is 17.6 Å². The quantitative estimate of drug-likeness (QED) is 0.505. The van der Waals surface area contributed by atoms with Crippen molar-refractivity contribution in [1.29, 1.82) is 0 Å². The predicted molar refractivity (Wildman–Crippen MR) is 126 cm³/mol. The average Bonchev–Trinajstić information content (AvgIpc) is 2.81. The van der Waals surface area contributed by atoms with Gasteiger partial charge in [-0.25, -0.2) is 0 Å². The summed E-state index contributed by atoms with van der Waals surface area (Å²) in [6.45, 7) is 5.00. The summed E-state index contributed by atoms with van der Waals surface area (Å²) in [7, 11) is 1.75. The van der Waals surface area contributed by atoms with Crippen LogP contribution in [0.15, 0.2) is 18.2 Å². The Balaban J connectivity index is 1.84. The number of carbonyl (C=O) groups excluding carboxylic acids is 1. The van der Waals surface area contributed by atoms with Gasteiger partial charge in [-0.3, -0.25) is 9.59 Å². The molecule has 3 atom stereocenters. The van der Waals surface area contributed by atoms with Crippen molar-refractivity contribution >= 4 is 11.9 Å². The van der Waals surface area contributed by atoms with E-state index in [1.54, 1.807) is 13.2 Å². The van der Waals surface area contributed by atoms with E-state index in [2.05, 4.69) is 19.2 Å². The molecule has 2 aliphatic rings. The summed E-state index contributed by atoms with van der Waals surface area (Å²) in [4.78, 5) is 23.9. The van der Waals surface area contributed by atoms with Crippen molar-refractivity contribution < 1.29 is 19.4 Å². The SMILES string of the molecule is CCC1(CC)c2cc(C(N)=O)ccc2CC(OC)C1NCC[C@H](C(=O)O)C1CCCCC1. The first kappa shape index (κ1) is 24.7. The van der Waals surface area contributed by atoms with Crippen molar-refractivity contribution in [2.45, 2.75) is 89.2 Å². The molecule has 32 heavy (non-hydrogen) atoms. The van der Waals surface area contributed by atoms with Gasteiger partial charge in [0, 0.05) is 30.6 Å². The first-order valence-corrected chi connectivity index (χ1v) is 12.3. The average molecular weight is 445 g/mol. The molecule has 1 aromatic carbocycles. The van der Waals surface area contributed by atoms with Crippen molar-refractivity contribution in [2.75, 3.05) is 13.7 Å². The number of aliphatic carboxylic acids is 1. The van der Waals surface area contributed by atoms with Gasteiger partial charge >= 0.3 is 5.97 Å². The number of carboxylic acid groups (broad SMARTS) is 1. The molecule has 2 aliphatic carbocycles. The van der Waals surface area contributed by atoms with Crippen molar-refractivity contribution in [3.05, 3.63) is 34.9 Å². The van der Waals surface area contributed by atoms with E-state index in [-0.39, 0.29) is 29.4 Å². The molecule has 1 fully saturated rings. The summed E-state index contributed by atoms with van der Waals surface area (Å²) in [5.41, 5.74) is 8.29. The van der Waals surface area contributed by atoms with Crippen molar-refractivity contribution in [3.8, 4) is 0 Å². The second-order valence-electron chi connectivity index (χ2n) is 9.64. The monoisotopic (exact) mass is 444 g/mol. The lowest BCUT2D eigenvalue weighted by molar-refractivity contribution is -0.144. The van der Waals surface area contributed by atoms with Crippen LogP contribution in [0.5, 0.6) is 0 Å². The maximum absolute atomic E-state index is 12.0. The maximum atomic E-state index is 12.0. The lowest BCUT2D eigenvalue weighted by Gasteiger charge is -2.49. The molecule has 0 spiro atoms. The normalized spacial score (nSPS) is 24.0. The second-order valence-corrected chi connectivity index (χ2v) is 9.64. The van der Waals surface area contributed by atoms with Gasteiger partial charge in [0.05, 0.1) is 12.0 Å². The number of ether oxygens (including phenoxy) is 1. The molecule has 0 saturated heterocycles. The fourth-order valence-corrected chi connectivity index (χ4v) is 6.34. The Morgan fingerprint density at radius 2 is 1.91 bits per heavy atom. The minimum absolute atomic E-state index is 0.0141. The third-order valence-corrected chi connectivity index (χ3v) is 8.24. The zero-order valence-corrected chi connectivity index (χ0v) is 19.9. The fraction of sp³-hybridized carbons (Fsp3) is 0.692. The number of fused-ring (bicyclic) bond motifs is 1. The zero-order chi connectivity index (χ0) is 23.3. The largest absolute Gasteiger partial charge is 0.481 e. The number of nitrogens with one attached hydrogen (secondary N) is 1. The minimum atomic E-state index is -0.667. The van der Waals surface area contributed by atoms with Crippen LogP contribution < -0.4 is 11.1 Å². The highest BCUT2D eigenvalue weighted by Crippen LogP contribution is 2.44. The smallest absolute Gasteiger partial charge is 0.306 e. The Labute approximate surface area is 192 Å². The van der Waals surface area contributed by atoms with E-state index in [1.807, 2.05) is 12.1 Å². The molecule has 178 valence electrons. The third kappa shape index (κ3) is 4.86. The Morgan fingerprint density at radius 3 is 2.47 bits per heavy atom. The summed E-state index contributed by atoms with van der Waals surface area (Å²) in [5, 5.41) is 13.6. The first-order chi connectivity index (χ1) is 15.4. The molecule has 0 radical (unpaired) electrons. The van der Waals surface area contributed by atoms with E-state index in [9.17, 15) is 14.7 Å². The van der Waals surface area contributed by atoms with E-state index in [1.165, 1.54) is 17.5 Å². The summed E-state index contributed by atoms with van der Waals surface area (Å²) >= 11 is 0. The van der Waals surface area contributed by atoms with Crippen LogP contribution in [0.25, 0.3) is 0 Å². The van der Waals surface area contributed by atoms with Crippen LogP contribution in [0.1, 0.15) is 86.7 Å². The number of nitrogens with two attached hydrogens (primary N) is 1. The lowest BCUT2D eigenvalue weighted by atomic mass is 9.62. The molecule has 3 rings (SSSR count). The molecular weight excluding hydrogens is 404 g/mol. The van der Waals surface area contributed by atoms with E-state index in [0.717, 1.165) is 44.9 Å². The summed E-state index contributed by atoms with van der Waals surface area (Å²) in [6, 6.07) is 5.83. The molecule has 0 heterocycles. The van der Waals surface area contributed by atoms with Gasteiger partial charge in [-0.2, -0.15) is 0 Å². The van der Waals surface area contributed by atoms with Gasteiger partial charge in [-0.05, 0) is 67.8 Å². The standard InChI is InChI=1S/C26H40N2O4/c1-4-26(5-2)21-15-19(24(27)29)12-11-18(21)16-22(32-3)23(26)28-14-13-20(25(30)31)17-9-7-6-8-10-17/h11-12,15,17,20,22-23,28H,4-10,13-14,16H2,1-3H3,(H2,27,29)(H,30,31)/t20-,22?,23?/m0/s1. The number of primary amides is 1. The topological polar surface area (TPSA) is 102 Å². The molecule has 2 unspecified atom stereocenters. The molecule has 6 heteroatoms. The van der Waals surface area contributed by atoms with Gasteiger partial charge in [0.15, 0.2) is 0 Å². The molecule has 6 nitrogen and oxygen atoms in total. The molecule has 4 N–H and O–H groups in total. The molecule has 0 aromatic heterocycles. The third-order valence-electron chi connectivity index (χ3n) is 8.24. The van der Waals surface area contributed by atoms with Crippen LogP contribution in [0.3, 0.4) is 0 Å². The molecule has 0 bridgehead atoms. The highest BCUT2D eigenvalue weighted by atomic mass is 16.5. The number of hydrogen-bond acceptors (Lipinski definition) is 4. The van der Waals surface area contributed by atoms with Crippen molar-refractivity contribution in [3.63, 3.8) is 0 Å². The van der Waals surface area contributed by atoms with E-state index in [4.69, 9.17) is 10.5 Å². The first-order valence-electron chi connectivity index (χ1n) is 12.3. The van der Waals surface area contributed by atoms with E-state index >= 15 is 0 Å². The van der Waals surface area contributed by atoms with Gasteiger partial charge in [0.1, 0.15) is 0 Å². The lowest BCUT2D eigenvalue weighted by Crippen LogP contribution is -2.59. The number of benzene rings is 1. The summed E-state index contributed by atoms with van der Waals surface area (Å²) < 4.78 is 5.95. The number of amides is 1. The highest BCUT2D eigenvalue weighted by molar-refractivity contribution is 5.93. The van der Waals surface area contributed by atoms with Crippen LogP contribution in [-0.2, 0) is 21.4 Å². The number of methoxy groups -OCH3 is 1. The Morgan fingerprint density at radius 1 is 1.22 bits per heavy atom. The van der Waals surface area contributed by atoms with Crippen LogP contribution in [-0.4, -0.2) is 42.8 Å². The predicted octanol–water partition coefficient (Wildman–Crippen LogP) is 4.04. The molecule has 1 amide bonds. The highest BCUT2D eigenvalue weighted by Gasteiger charge is 2.47.